The Hall–Kier alpha value is -0.260. The Labute approximate surface area is 64.3 Å². The van der Waals surface area contributed by atoms with Crippen LogP contribution < -0.4 is 0 Å². The van der Waals surface area contributed by atoms with Gasteiger partial charge < -0.3 is 0 Å². The van der Waals surface area contributed by atoms with Crippen LogP contribution in [0.1, 0.15) is 33.6 Å². The Kier molecular flexibility index (Phi) is 2.53. The van der Waals surface area contributed by atoms with Crippen molar-refractivity contribution in [2.75, 3.05) is 0 Å². The second-order valence-corrected chi connectivity index (χ2v) is 3.70. The van der Waals surface area contributed by atoms with Gasteiger partial charge >= 0.3 is 0 Å². The topological polar surface area (TPSA) is 0 Å². The van der Waals surface area contributed by atoms with Gasteiger partial charge in [0.2, 0.25) is 0 Å². The van der Waals surface area contributed by atoms with Crippen LogP contribution in [0, 0.1) is 17.8 Å². The fraction of sp³-hybridized carbons (Fsp3) is 0.800. The van der Waals surface area contributed by atoms with Crippen molar-refractivity contribution in [1.82, 2.24) is 0 Å². The highest BCUT2D eigenvalue weighted by molar-refractivity contribution is 4.93. The molecule has 0 saturated heterocycles. The lowest BCUT2D eigenvalue weighted by Crippen LogP contribution is -2.12. The highest BCUT2D eigenvalue weighted by Crippen LogP contribution is 2.28. The van der Waals surface area contributed by atoms with Crippen LogP contribution >= 0.6 is 0 Å². The van der Waals surface area contributed by atoms with Crippen LogP contribution in [-0.2, 0) is 0 Å². The third kappa shape index (κ3) is 1.62. The zero-order valence-corrected chi connectivity index (χ0v) is 7.30. The summed E-state index contributed by atoms with van der Waals surface area (Å²) in [5.41, 5.74) is 0. The van der Waals surface area contributed by atoms with E-state index in [0.29, 0.717) is 0 Å². The quantitative estimate of drug-likeness (QED) is 0.451. The lowest BCUT2D eigenvalue weighted by atomic mass is 9.85. The van der Waals surface area contributed by atoms with Gasteiger partial charge in [-0.25, -0.2) is 0 Å². The van der Waals surface area contributed by atoms with E-state index in [0.717, 1.165) is 17.8 Å². The van der Waals surface area contributed by atoms with Gasteiger partial charge in [0.25, 0.3) is 0 Å². The number of hydrogen-bond donors (Lipinski definition) is 0. The molecule has 0 nitrogen and oxygen atoms in total. The van der Waals surface area contributed by atoms with Crippen LogP contribution in [0.5, 0.6) is 0 Å². The molecule has 3 atom stereocenters. The van der Waals surface area contributed by atoms with E-state index in [1.54, 1.807) is 0 Å². The molecule has 10 heavy (non-hydrogen) atoms. The summed E-state index contributed by atoms with van der Waals surface area (Å²) >= 11 is 0. The predicted octanol–water partition coefficient (Wildman–Crippen LogP) is 3.24. The van der Waals surface area contributed by atoms with Gasteiger partial charge in [0.05, 0.1) is 0 Å². The first-order chi connectivity index (χ1) is 4.72. The zero-order chi connectivity index (χ0) is 7.56. The van der Waals surface area contributed by atoms with Gasteiger partial charge in [-0.2, -0.15) is 0 Å². The fourth-order valence-electron chi connectivity index (χ4n) is 1.63. The Bertz CT molecular complexity index is 124. The summed E-state index contributed by atoms with van der Waals surface area (Å²) in [7, 11) is 0. The average Bonchev–Trinajstić information content (AvgIpc) is 2.04. The van der Waals surface area contributed by atoms with Crippen LogP contribution in [0.25, 0.3) is 0 Å². The normalized spacial score (nSPS) is 41.3. The van der Waals surface area contributed by atoms with Crippen LogP contribution in [0.2, 0.25) is 0 Å². The molecule has 0 aliphatic heterocycles. The van der Waals surface area contributed by atoms with Gasteiger partial charge in [-0.3, -0.25) is 0 Å². The summed E-state index contributed by atoms with van der Waals surface area (Å²) in [5.74, 6) is 2.57. The largest absolute Gasteiger partial charge is 0.0882 e. The monoisotopic (exact) mass is 138 g/mol. The van der Waals surface area contributed by atoms with Gasteiger partial charge in [0.15, 0.2) is 0 Å². The van der Waals surface area contributed by atoms with Crippen LogP contribution in [-0.4, -0.2) is 0 Å². The van der Waals surface area contributed by atoms with E-state index in [9.17, 15) is 0 Å². The molecule has 3 unspecified atom stereocenters. The van der Waals surface area contributed by atoms with E-state index in [1.165, 1.54) is 12.8 Å². The highest BCUT2D eigenvalue weighted by Gasteiger charge is 2.18. The van der Waals surface area contributed by atoms with Gasteiger partial charge in [-0.1, -0.05) is 32.9 Å². The van der Waals surface area contributed by atoms with Crippen LogP contribution in [0.3, 0.4) is 0 Å². The van der Waals surface area contributed by atoms with Gasteiger partial charge in [-0.05, 0) is 30.6 Å². The number of hydrogen-bond acceptors (Lipinski definition) is 0. The molecule has 0 spiro atoms. The van der Waals surface area contributed by atoms with Gasteiger partial charge in [0, 0.05) is 0 Å². The summed E-state index contributed by atoms with van der Waals surface area (Å²) in [6.45, 7) is 7.06. The molecule has 0 heterocycles. The molecule has 0 radical (unpaired) electrons. The lowest BCUT2D eigenvalue weighted by molar-refractivity contribution is 0.314. The minimum Gasteiger partial charge on any atom is -0.0882 e. The smallest absolute Gasteiger partial charge is 0.0234 e. The second kappa shape index (κ2) is 3.23. The Morgan fingerprint density at radius 3 is 2.60 bits per heavy atom. The van der Waals surface area contributed by atoms with Crippen molar-refractivity contribution >= 4 is 0 Å². The maximum atomic E-state index is 2.37. The summed E-state index contributed by atoms with van der Waals surface area (Å²) in [6, 6.07) is 0. The summed E-state index contributed by atoms with van der Waals surface area (Å²) < 4.78 is 0. The molecular formula is C10H18. The van der Waals surface area contributed by atoms with Crippen molar-refractivity contribution < 1.29 is 0 Å². The van der Waals surface area contributed by atoms with Crippen molar-refractivity contribution in [3.05, 3.63) is 12.2 Å². The van der Waals surface area contributed by atoms with E-state index in [-0.39, 0.29) is 0 Å². The van der Waals surface area contributed by atoms with E-state index < -0.39 is 0 Å². The molecule has 0 aromatic rings. The third-order valence-corrected chi connectivity index (χ3v) is 2.96. The maximum Gasteiger partial charge on any atom is -0.0234 e. The van der Waals surface area contributed by atoms with Gasteiger partial charge in [-0.15, -0.1) is 0 Å². The molecule has 1 aliphatic rings. The summed E-state index contributed by atoms with van der Waals surface area (Å²) in [6.07, 6.45) is 7.37. The highest BCUT2D eigenvalue weighted by atomic mass is 14.2. The molecule has 1 aliphatic carbocycles. The number of allylic oxidation sites excluding steroid dienone is 2. The standard InChI is InChI=1S/C10H18/c1-8-6-4-5-7-9(2)10(8)3/h4,6,8-10H,5,7H2,1-3H3. The summed E-state index contributed by atoms with van der Waals surface area (Å²) in [4.78, 5) is 0. The number of rotatable bonds is 0. The Morgan fingerprint density at radius 2 is 1.90 bits per heavy atom. The second-order valence-electron chi connectivity index (χ2n) is 3.70. The molecule has 0 bridgehead atoms. The van der Waals surface area contributed by atoms with E-state index >= 15 is 0 Å². The van der Waals surface area contributed by atoms with Crippen molar-refractivity contribution in [2.24, 2.45) is 17.8 Å². The average molecular weight is 138 g/mol. The van der Waals surface area contributed by atoms with Crippen molar-refractivity contribution in [3.8, 4) is 0 Å². The van der Waals surface area contributed by atoms with E-state index in [2.05, 4.69) is 32.9 Å². The first-order valence-electron chi connectivity index (χ1n) is 4.38. The Balaban J connectivity index is 2.57. The first-order valence-corrected chi connectivity index (χ1v) is 4.38. The van der Waals surface area contributed by atoms with Crippen molar-refractivity contribution in [2.45, 2.75) is 33.6 Å². The predicted molar refractivity (Wildman–Crippen MR) is 45.9 cm³/mol. The van der Waals surface area contributed by atoms with Crippen LogP contribution in [0.15, 0.2) is 12.2 Å². The third-order valence-electron chi connectivity index (χ3n) is 2.96. The van der Waals surface area contributed by atoms with E-state index in [4.69, 9.17) is 0 Å². The van der Waals surface area contributed by atoms with Crippen molar-refractivity contribution in [1.29, 1.82) is 0 Å². The van der Waals surface area contributed by atoms with Gasteiger partial charge in [0.1, 0.15) is 0 Å². The van der Waals surface area contributed by atoms with Crippen LogP contribution in [0.4, 0.5) is 0 Å². The molecule has 1 rings (SSSR count). The Morgan fingerprint density at radius 1 is 1.20 bits per heavy atom. The van der Waals surface area contributed by atoms with E-state index in [1.807, 2.05) is 0 Å². The maximum absolute atomic E-state index is 2.37. The lowest BCUT2D eigenvalue weighted by Gasteiger charge is -2.20. The zero-order valence-electron chi connectivity index (χ0n) is 7.30. The molecule has 0 N–H and O–H groups in total. The molecule has 58 valence electrons. The minimum absolute atomic E-state index is 0.789. The molecule has 0 fully saturated rings. The SMILES string of the molecule is CC1C=CCCC(C)C1C. The van der Waals surface area contributed by atoms with Crippen molar-refractivity contribution in [3.63, 3.8) is 0 Å². The summed E-state index contributed by atoms with van der Waals surface area (Å²) in [5, 5.41) is 0. The molecule has 0 saturated carbocycles. The molecule has 0 aromatic carbocycles. The molecular weight excluding hydrogens is 120 g/mol. The minimum atomic E-state index is 0.789. The molecule has 0 heteroatoms. The molecule has 0 aromatic heterocycles. The fourth-order valence-corrected chi connectivity index (χ4v) is 1.63. The first kappa shape index (κ1) is 7.84. The molecule has 0 amide bonds.